The van der Waals surface area contributed by atoms with E-state index in [1.807, 2.05) is 0 Å². The highest BCUT2D eigenvalue weighted by molar-refractivity contribution is 5.24. The third-order valence-electron chi connectivity index (χ3n) is 1.50. The van der Waals surface area contributed by atoms with Crippen molar-refractivity contribution in [3.63, 3.8) is 0 Å². The van der Waals surface area contributed by atoms with Crippen LogP contribution < -0.4 is 10.5 Å². The van der Waals surface area contributed by atoms with E-state index in [2.05, 4.69) is 0 Å². The fourth-order valence-electron chi connectivity index (χ4n) is 0.853. The second-order valence-electron chi connectivity index (χ2n) is 2.57. The number of halogens is 2. The van der Waals surface area contributed by atoms with E-state index in [9.17, 15) is 8.78 Å². The van der Waals surface area contributed by atoms with Gasteiger partial charge in [0.25, 0.3) is 0 Å². The van der Waals surface area contributed by atoms with Gasteiger partial charge in [0.2, 0.25) is 0 Å². The third kappa shape index (κ3) is 2.99. The normalized spacial score (nSPS) is 10.1. The molecule has 0 radical (unpaired) electrons. The SMILES string of the molecule is NCCCOc1cc(F)ccc1F. The Kier molecular flexibility index (Phi) is 3.64. The molecule has 0 saturated heterocycles. The van der Waals surface area contributed by atoms with Crippen molar-refractivity contribution < 1.29 is 13.5 Å². The zero-order chi connectivity index (χ0) is 9.68. The average molecular weight is 187 g/mol. The van der Waals surface area contributed by atoms with Gasteiger partial charge in [-0.05, 0) is 25.1 Å². The van der Waals surface area contributed by atoms with E-state index >= 15 is 0 Å². The summed E-state index contributed by atoms with van der Waals surface area (Å²) in [5.41, 5.74) is 5.21. The van der Waals surface area contributed by atoms with Gasteiger partial charge in [-0.25, -0.2) is 8.78 Å². The van der Waals surface area contributed by atoms with E-state index in [-0.39, 0.29) is 5.75 Å². The van der Waals surface area contributed by atoms with Crippen LogP contribution in [0.5, 0.6) is 5.75 Å². The molecule has 0 saturated carbocycles. The average Bonchev–Trinajstić information content (AvgIpc) is 2.11. The smallest absolute Gasteiger partial charge is 0.165 e. The summed E-state index contributed by atoms with van der Waals surface area (Å²) in [7, 11) is 0. The summed E-state index contributed by atoms with van der Waals surface area (Å²) in [4.78, 5) is 0. The minimum atomic E-state index is -0.557. The maximum atomic E-state index is 12.9. The minimum Gasteiger partial charge on any atom is -0.490 e. The van der Waals surface area contributed by atoms with E-state index in [4.69, 9.17) is 10.5 Å². The summed E-state index contributed by atoms with van der Waals surface area (Å²) < 4.78 is 30.4. The Labute approximate surface area is 75.3 Å². The van der Waals surface area contributed by atoms with E-state index in [1.165, 1.54) is 0 Å². The Morgan fingerprint density at radius 1 is 1.31 bits per heavy atom. The molecule has 4 heteroatoms. The lowest BCUT2D eigenvalue weighted by Crippen LogP contribution is -2.06. The van der Waals surface area contributed by atoms with Crippen LogP contribution >= 0.6 is 0 Å². The van der Waals surface area contributed by atoms with E-state index in [1.54, 1.807) is 0 Å². The molecule has 0 aromatic heterocycles. The predicted octanol–water partition coefficient (Wildman–Crippen LogP) is 1.69. The van der Waals surface area contributed by atoms with Gasteiger partial charge in [-0.2, -0.15) is 0 Å². The molecular formula is C9H11F2NO. The van der Waals surface area contributed by atoms with Crippen molar-refractivity contribution >= 4 is 0 Å². The maximum absolute atomic E-state index is 12.9. The highest BCUT2D eigenvalue weighted by Gasteiger charge is 2.03. The Balaban J connectivity index is 2.59. The Bertz CT molecular complexity index is 278. The monoisotopic (exact) mass is 187 g/mol. The van der Waals surface area contributed by atoms with Gasteiger partial charge in [-0.1, -0.05) is 0 Å². The van der Waals surface area contributed by atoms with Gasteiger partial charge in [0.05, 0.1) is 6.61 Å². The molecule has 0 aliphatic heterocycles. The number of ether oxygens (including phenoxy) is 1. The molecule has 0 heterocycles. The van der Waals surface area contributed by atoms with Gasteiger partial charge >= 0.3 is 0 Å². The van der Waals surface area contributed by atoms with Gasteiger partial charge in [0.1, 0.15) is 5.82 Å². The summed E-state index contributed by atoms with van der Waals surface area (Å²) in [6.45, 7) is 0.772. The van der Waals surface area contributed by atoms with Crippen molar-refractivity contribution in [2.45, 2.75) is 6.42 Å². The lowest BCUT2D eigenvalue weighted by atomic mass is 10.3. The standard InChI is InChI=1S/C9H11F2NO/c10-7-2-3-8(11)9(6-7)13-5-1-4-12/h2-3,6H,1,4-5,12H2. The van der Waals surface area contributed by atoms with Crippen molar-refractivity contribution in [2.24, 2.45) is 5.73 Å². The van der Waals surface area contributed by atoms with Gasteiger partial charge in [0.15, 0.2) is 11.6 Å². The molecule has 2 N–H and O–H groups in total. The number of nitrogens with two attached hydrogens (primary N) is 1. The van der Waals surface area contributed by atoms with E-state index < -0.39 is 11.6 Å². The van der Waals surface area contributed by atoms with Crippen LogP contribution in [0.1, 0.15) is 6.42 Å². The second kappa shape index (κ2) is 4.77. The van der Waals surface area contributed by atoms with Crippen LogP contribution in [-0.2, 0) is 0 Å². The van der Waals surface area contributed by atoms with Crippen LogP contribution in [-0.4, -0.2) is 13.2 Å². The quantitative estimate of drug-likeness (QED) is 0.728. The molecule has 1 aromatic rings. The van der Waals surface area contributed by atoms with Crippen LogP contribution in [0, 0.1) is 11.6 Å². The van der Waals surface area contributed by atoms with E-state index in [0.29, 0.717) is 19.6 Å². The first-order chi connectivity index (χ1) is 6.24. The highest BCUT2D eigenvalue weighted by atomic mass is 19.1. The van der Waals surface area contributed by atoms with Gasteiger partial charge in [0, 0.05) is 6.07 Å². The van der Waals surface area contributed by atoms with Crippen LogP contribution in [0.25, 0.3) is 0 Å². The first kappa shape index (κ1) is 9.92. The predicted molar refractivity (Wildman–Crippen MR) is 45.5 cm³/mol. The van der Waals surface area contributed by atoms with Crippen molar-refractivity contribution in [3.8, 4) is 5.75 Å². The number of rotatable bonds is 4. The molecule has 0 bridgehead atoms. The summed E-state index contributed by atoms with van der Waals surface area (Å²) in [5, 5.41) is 0. The molecule has 72 valence electrons. The molecule has 0 aliphatic rings. The fraction of sp³-hybridized carbons (Fsp3) is 0.333. The maximum Gasteiger partial charge on any atom is 0.165 e. The van der Waals surface area contributed by atoms with Crippen LogP contribution in [0.15, 0.2) is 18.2 Å². The molecule has 1 aromatic carbocycles. The summed E-state index contributed by atoms with van der Waals surface area (Å²) in [6.07, 6.45) is 0.621. The number of hydrogen-bond acceptors (Lipinski definition) is 2. The Morgan fingerprint density at radius 2 is 2.08 bits per heavy atom. The van der Waals surface area contributed by atoms with Crippen molar-refractivity contribution in [3.05, 3.63) is 29.8 Å². The Hall–Kier alpha value is -1.16. The topological polar surface area (TPSA) is 35.2 Å². The molecule has 0 unspecified atom stereocenters. The van der Waals surface area contributed by atoms with Gasteiger partial charge in [-0.3, -0.25) is 0 Å². The van der Waals surface area contributed by atoms with Gasteiger partial charge < -0.3 is 10.5 Å². The number of hydrogen-bond donors (Lipinski definition) is 1. The fourth-order valence-corrected chi connectivity index (χ4v) is 0.853. The molecule has 0 atom stereocenters. The largest absolute Gasteiger partial charge is 0.490 e. The van der Waals surface area contributed by atoms with Crippen molar-refractivity contribution in [1.82, 2.24) is 0 Å². The second-order valence-corrected chi connectivity index (χ2v) is 2.57. The lowest BCUT2D eigenvalue weighted by Gasteiger charge is -2.05. The summed E-state index contributed by atoms with van der Waals surface area (Å²) in [6, 6.07) is 3.10. The molecule has 1 rings (SSSR count). The van der Waals surface area contributed by atoms with E-state index in [0.717, 1.165) is 18.2 Å². The molecule has 0 fully saturated rings. The van der Waals surface area contributed by atoms with Crippen LogP contribution in [0.2, 0.25) is 0 Å². The number of benzene rings is 1. The third-order valence-corrected chi connectivity index (χ3v) is 1.50. The van der Waals surface area contributed by atoms with Crippen LogP contribution in [0.3, 0.4) is 0 Å². The summed E-state index contributed by atoms with van der Waals surface area (Å²) in [5.74, 6) is -1.13. The van der Waals surface area contributed by atoms with Crippen molar-refractivity contribution in [2.75, 3.05) is 13.2 Å². The molecule has 0 amide bonds. The zero-order valence-electron chi connectivity index (χ0n) is 7.09. The van der Waals surface area contributed by atoms with Crippen molar-refractivity contribution in [1.29, 1.82) is 0 Å². The Morgan fingerprint density at radius 3 is 2.77 bits per heavy atom. The molecule has 0 spiro atoms. The first-order valence-electron chi connectivity index (χ1n) is 4.02. The molecule has 13 heavy (non-hydrogen) atoms. The first-order valence-corrected chi connectivity index (χ1v) is 4.02. The van der Waals surface area contributed by atoms with Crippen LogP contribution in [0.4, 0.5) is 8.78 Å². The minimum absolute atomic E-state index is 0.0616. The van der Waals surface area contributed by atoms with Gasteiger partial charge in [-0.15, -0.1) is 0 Å². The zero-order valence-corrected chi connectivity index (χ0v) is 7.09. The summed E-state index contributed by atoms with van der Waals surface area (Å²) >= 11 is 0. The molecule has 0 aliphatic carbocycles. The molecular weight excluding hydrogens is 176 g/mol. The highest BCUT2D eigenvalue weighted by Crippen LogP contribution is 2.17. The lowest BCUT2D eigenvalue weighted by molar-refractivity contribution is 0.296. The molecule has 2 nitrogen and oxygen atoms in total.